The van der Waals surface area contributed by atoms with Gasteiger partial charge in [0.25, 0.3) is 0 Å². The van der Waals surface area contributed by atoms with Crippen molar-refractivity contribution in [2.24, 2.45) is 11.8 Å². The number of ether oxygens (including phenoxy) is 3. The molecule has 1 aliphatic heterocycles. The molecular formula is C22H22N2O5. The summed E-state index contributed by atoms with van der Waals surface area (Å²) < 4.78 is 15.7. The second-order valence-corrected chi connectivity index (χ2v) is 6.77. The number of nitriles is 1. The van der Waals surface area contributed by atoms with E-state index in [1.54, 1.807) is 30.3 Å². The van der Waals surface area contributed by atoms with Gasteiger partial charge in [-0.15, -0.1) is 0 Å². The van der Waals surface area contributed by atoms with Gasteiger partial charge in [0, 0.05) is 13.1 Å². The Morgan fingerprint density at radius 2 is 1.86 bits per heavy atom. The van der Waals surface area contributed by atoms with Crippen molar-refractivity contribution in [2.45, 2.75) is 6.42 Å². The molecule has 0 bridgehead atoms. The SMILES string of the molecule is COC(=O)[C@H]1CN(C(=O)Oc2ccccc2)C[C@H]1Cc1cccc(OCC#N)c1. The Morgan fingerprint density at radius 3 is 2.59 bits per heavy atom. The molecule has 2 aromatic carbocycles. The van der Waals surface area contributed by atoms with Gasteiger partial charge in [0.1, 0.15) is 17.6 Å². The third kappa shape index (κ3) is 5.26. The van der Waals surface area contributed by atoms with E-state index < -0.39 is 12.0 Å². The van der Waals surface area contributed by atoms with Crippen molar-refractivity contribution < 1.29 is 23.8 Å². The Kier molecular flexibility index (Phi) is 6.69. The molecule has 0 N–H and O–H groups in total. The fraction of sp³-hybridized carbons (Fsp3) is 0.318. The van der Waals surface area contributed by atoms with Crippen LogP contribution < -0.4 is 9.47 Å². The van der Waals surface area contributed by atoms with Gasteiger partial charge in [-0.2, -0.15) is 5.26 Å². The molecule has 1 amide bonds. The number of carbonyl (C=O) groups excluding carboxylic acids is 2. The van der Waals surface area contributed by atoms with Crippen molar-refractivity contribution in [1.82, 2.24) is 4.90 Å². The van der Waals surface area contributed by atoms with Crippen LogP contribution in [0.4, 0.5) is 4.79 Å². The zero-order valence-corrected chi connectivity index (χ0v) is 16.1. The summed E-state index contributed by atoms with van der Waals surface area (Å²) in [6.07, 6.45) is 0.0808. The predicted molar refractivity (Wildman–Crippen MR) is 104 cm³/mol. The van der Waals surface area contributed by atoms with E-state index in [-0.39, 0.29) is 25.0 Å². The van der Waals surface area contributed by atoms with E-state index in [1.807, 2.05) is 30.3 Å². The van der Waals surface area contributed by atoms with Crippen molar-refractivity contribution in [2.75, 3.05) is 26.8 Å². The summed E-state index contributed by atoms with van der Waals surface area (Å²) in [4.78, 5) is 26.4. The van der Waals surface area contributed by atoms with E-state index in [2.05, 4.69) is 0 Å². The molecule has 0 aliphatic carbocycles. The molecule has 29 heavy (non-hydrogen) atoms. The van der Waals surface area contributed by atoms with Crippen molar-refractivity contribution in [3.8, 4) is 17.6 Å². The number of amides is 1. The highest BCUT2D eigenvalue weighted by Gasteiger charge is 2.41. The molecule has 1 heterocycles. The van der Waals surface area contributed by atoms with Crippen LogP contribution in [0.15, 0.2) is 54.6 Å². The third-order valence-electron chi connectivity index (χ3n) is 4.85. The van der Waals surface area contributed by atoms with Crippen LogP contribution in [-0.4, -0.2) is 43.8 Å². The molecule has 2 aromatic rings. The van der Waals surface area contributed by atoms with Gasteiger partial charge < -0.3 is 19.1 Å². The maximum atomic E-state index is 12.5. The van der Waals surface area contributed by atoms with Gasteiger partial charge in [-0.1, -0.05) is 30.3 Å². The molecule has 7 heteroatoms. The Bertz CT molecular complexity index is 894. The van der Waals surface area contributed by atoms with Crippen molar-refractivity contribution >= 4 is 12.1 Å². The number of benzene rings is 2. The van der Waals surface area contributed by atoms with Crippen molar-refractivity contribution in [3.63, 3.8) is 0 Å². The van der Waals surface area contributed by atoms with Gasteiger partial charge in [-0.25, -0.2) is 4.79 Å². The van der Waals surface area contributed by atoms with Crippen molar-refractivity contribution in [1.29, 1.82) is 5.26 Å². The lowest BCUT2D eigenvalue weighted by Crippen LogP contribution is -2.32. The Labute approximate surface area is 169 Å². The Balaban J connectivity index is 1.70. The summed E-state index contributed by atoms with van der Waals surface area (Å²) in [5.74, 6) is 0.154. The second-order valence-electron chi connectivity index (χ2n) is 6.77. The monoisotopic (exact) mass is 394 g/mol. The number of hydrogen-bond donors (Lipinski definition) is 0. The summed E-state index contributed by atoms with van der Waals surface area (Å²) in [7, 11) is 1.35. The molecule has 0 spiro atoms. The highest BCUT2D eigenvalue weighted by molar-refractivity contribution is 5.77. The van der Waals surface area contributed by atoms with Gasteiger partial charge in [0.2, 0.25) is 0 Å². The van der Waals surface area contributed by atoms with E-state index in [1.165, 1.54) is 12.0 Å². The average molecular weight is 394 g/mol. The number of likely N-dealkylation sites (tertiary alicyclic amines) is 1. The molecule has 0 saturated carbocycles. The van der Waals surface area contributed by atoms with Crippen LogP contribution in [0.5, 0.6) is 11.5 Å². The van der Waals surface area contributed by atoms with E-state index in [4.69, 9.17) is 19.5 Å². The molecule has 1 saturated heterocycles. The maximum Gasteiger partial charge on any atom is 0.415 e. The molecule has 0 unspecified atom stereocenters. The minimum atomic E-state index is -0.487. The number of methoxy groups -OCH3 is 1. The average Bonchev–Trinajstić information content (AvgIpc) is 3.16. The lowest BCUT2D eigenvalue weighted by Gasteiger charge is -2.16. The molecule has 0 aromatic heterocycles. The normalized spacial score (nSPS) is 18.0. The quantitative estimate of drug-likeness (QED) is 0.700. The van der Waals surface area contributed by atoms with Crippen molar-refractivity contribution in [3.05, 3.63) is 60.2 Å². The smallest absolute Gasteiger partial charge is 0.415 e. The van der Waals surface area contributed by atoms with E-state index in [0.29, 0.717) is 24.5 Å². The van der Waals surface area contributed by atoms with E-state index in [9.17, 15) is 9.59 Å². The topological polar surface area (TPSA) is 88.9 Å². The first kappa shape index (κ1) is 20.2. The fourth-order valence-electron chi connectivity index (χ4n) is 3.48. The van der Waals surface area contributed by atoms with Gasteiger partial charge in [-0.05, 0) is 42.2 Å². The molecule has 150 valence electrons. The number of para-hydroxylation sites is 1. The molecule has 2 atom stereocenters. The lowest BCUT2D eigenvalue weighted by atomic mass is 9.89. The summed E-state index contributed by atoms with van der Waals surface area (Å²) >= 11 is 0. The molecular weight excluding hydrogens is 372 g/mol. The molecule has 3 rings (SSSR count). The first-order valence-electron chi connectivity index (χ1n) is 9.29. The number of esters is 1. The van der Waals surface area contributed by atoms with Gasteiger partial charge in [0.05, 0.1) is 13.0 Å². The molecule has 1 aliphatic rings. The summed E-state index contributed by atoms with van der Waals surface area (Å²) in [5, 5.41) is 8.66. The van der Waals surface area contributed by atoms with Gasteiger partial charge in [0.15, 0.2) is 6.61 Å². The van der Waals surface area contributed by atoms with Crippen LogP contribution in [0.1, 0.15) is 5.56 Å². The standard InChI is InChI=1S/C22H22N2O5/c1-27-21(25)20-15-24(22(26)29-18-7-3-2-4-8-18)14-17(20)12-16-6-5-9-19(13-16)28-11-10-23/h2-9,13,17,20H,11-12,14-15H2,1H3/t17-,20+/m1/s1. The molecule has 1 fully saturated rings. The molecule has 7 nitrogen and oxygen atoms in total. The number of rotatable bonds is 6. The highest BCUT2D eigenvalue weighted by Crippen LogP contribution is 2.29. The van der Waals surface area contributed by atoms with E-state index in [0.717, 1.165) is 5.56 Å². The van der Waals surface area contributed by atoms with Gasteiger partial charge >= 0.3 is 12.1 Å². The fourth-order valence-corrected chi connectivity index (χ4v) is 3.48. The first-order valence-corrected chi connectivity index (χ1v) is 9.29. The van der Waals surface area contributed by atoms with Crippen LogP contribution in [-0.2, 0) is 16.0 Å². The largest absolute Gasteiger partial charge is 0.479 e. The number of hydrogen-bond acceptors (Lipinski definition) is 6. The summed E-state index contributed by atoms with van der Waals surface area (Å²) in [5.41, 5.74) is 0.956. The van der Waals surface area contributed by atoms with Crippen LogP contribution in [0.25, 0.3) is 0 Å². The minimum Gasteiger partial charge on any atom is -0.479 e. The van der Waals surface area contributed by atoms with E-state index >= 15 is 0 Å². The molecule has 0 radical (unpaired) electrons. The lowest BCUT2D eigenvalue weighted by molar-refractivity contribution is -0.146. The van der Waals surface area contributed by atoms with Crippen LogP contribution in [0.3, 0.4) is 0 Å². The zero-order valence-electron chi connectivity index (χ0n) is 16.1. The number of carbonyl (C=O) groups is 2. The zero-order chi connectivity index (χ0) is 20.6. The van der Waals surface area contributed by atoms with Crippen LogP contribution in [0.2, 0.25) is 0 Å². The Hall–Kier alpha value is -3.53. The maximum absolute atomic E-state index is 12.5. The van der Waals surface area contributed by atoms with Gasteiger partial charge in [-0.3, -0.25) is 4.79 Å². The predicted octanol–water partition coefficient (Wildman–Crippen LogP) is 3.05. The Morgan fingerprint density at radius 1 is 1.10 bits per heavy atom. The van der Waals surface area contributed by atoms with Crippen LogP contribution >= 0.6 is 0 Å². The summed E-state index contributed by atoms with van der Waals surface area (Å²) in [6, 6.07) is 18.1. The first-order chi connectivity index (χ1) is 14.1. The summed E-state index contributed by atoms with van der Waals surface area (Å²) in [6.45, 7) is 0.596. The second kappa shape index (κ2) is 9.60. The number of nitrogens with zero attached hydrogens (tertiary/aromatic N) is 2. The minimum absolute atomic E-state index is 0.0310. The third-order valence-corrected chi connectivity index (χ3v) is 4.85. The highest BCUT2D eigenvalue weighted by atomic mass is 16.6. The van der Waals surface area contributed by atoms with Crippen LogP contribution in [0, 0.1) is 23.2 Å².